The molecule has 1 aromatic heterocycles. The number of nitrogens with zero attached hydrogens (tertiary/aromatic N) is 1. The van der Waals surface area contributed by atoms with Crippen molar-refractivity contribution >= 4 is 16.7 Å². The van der Waals surface area contributed by atoms with Gasteiger partial charge in [0.15, 0.2) is 5.78 Å². The van der Waals surface area contributed by atoms with Crippen molar-refractivity contribution < 1.29 is 4.79 Å². The number of hydrogen-bond donors (Lipinski definition) is 0. The summed E-state index contributed by atoms with van der Waals surface area (Å²) in [5, 5.41) is 1.04. The van der Waals surface area contributed by atoms with Crippen molar-refractivity contribution in [2.45, 2.75) is 6.92 Å². The number of aryl methyl sites for hydroxylation is 1. The van der Waals surface area contributed by atoms with E-state index in [1.807, 2.05) is 61.5 Å². The monoisotopic (exact) mass is 247 g/mol. The Morgan fingerprint density at radius 2 is 1.68 bits per heavy atom. The third-order valence-electron chi connectivity index (χ3n) is 3.18. The van der Waals surface area contributed by atoms with E-state index in [4.69, 9.17) is 0 Å². The van der Waals surface area contributed by atoms with Gasteiger partial charge in [0.2, 0.25) is 0 Å². The van der Waals surface area contributed by atoms with Gasteiger partial charge in [-0.1, -0.05) is 48.0 Å². The molecule has 0 aliphatic heterocycles. The van der Waals surface area contributed by atoms with Crippen LogP contribution in [0.1, 0.15) is 21.5 Å². The average molecular weight is 247 g/mol. The molecule has 19 heavy (non-hydrogen) atoms. The molecular weight excluding hydrogens is 234 g/mol. The highest BCUT2D eigenvalue weighted by Crippen LogP contribution is 2.16. The minimum Gasteiger partial charge on any atom is -0.289 e. The van der Waals surface area contributed by atoms with Crippen LogP contribution in [0.15, 0.2) is 60.8 Å². The molecular formula is C17H13NO. The fraction of sp³-hybridized carbons (Fsp3) is 0.0588. The first-order valence-corrected chi connectivity index (χ1v) is 6.20. The van der Waals surface area contributed by atoms with Gasteiger partial charge in [0, 0.05) is 22.7 Å². The molecule has 0 aliphatic rings. The smallest absolute Gasteiger partial charge is 0.193 e. The molecule has 2 heteroatoms. The van der Waals surface area contributed by atoms with Crippen LogP contribution in [0.2, 0.25) is 0 Å². The number of fused-ring (bicyclic) bond motifs is 1. The Morgan fingerprint density at radius 1 is 0.947 bits per heavy atom. The maximum Gasteiger partial charge on any atom is 0.193 e. The van der Waals surface area contributed by atoms with E-state index >= 15 is 0 Å². The largest absolute Gasteiger partial charge is 0.289 e. The van der Waals surface area contributed by atoms with Gasteiger partial charge >= 0.3 is 0 Å². The third kappa shape index (κ3) is 2.25. The molecule has 3 rings (SSSR count). The van der Waals surface area contributed by atoms with Crippen molar-refractivity contribution in [3.05, 3.63) is 77.5 Å². The molecule has 2 aromatic carbocycles. The molecule has 0 radical (unpaired) electrons. The molecule has 0 saturated heterocycles. The third-order valence-corrected chi connectivity index (χ3v) is 3.18. The Balaban J connectivity index is 2.04. The molecule has 0 atom stereocenters. The first-order chi connectivity index (χ1) is 9.24. The molecule has 1 heterocycles. The van der Waals surface area contributed by atoms with Gasteiger partial charge in [0.1, 0.15) is 0 Å². The van der Waals surface area contributed by atoms with Crippen LogP contribution in [0, 0.1) is 6.92 Å². The van der Waals surface area contributed by atoms with E-state index in [2.05, 4.69) is 4.98 Å². The average Bonchev–Trinajstić information content (AvgIpc) is 2.47. The van der Waals surface area contributed by atoms with Crippen LogP contribution in [0.4, 0.5) is 0 Å². The zero-order chi connectivity index (χ0) is 13.2. The Labute approximate surface area is 111 Å². The highest BCUT2D eigenvalue weighted by Gasteiger charge is 2.09. The van der Waals surface area contributed by atoms with Crippen molar-refractivity contribution in [1.82, 2.24) is 4.98 Å². The molecule has 3 aromatic rings. The zero-order valence-electron chi connectivity index (χ0n) is 10.6. The molecule has 92 valence electrons. The highest BCUT2D eigenvalue weighted by molar-refractivity contribution is 6.10. The summed E-state index contributed by atoms with van der Waals surface area (Å²) in [4.78, 5) is 16.7. The van der Waals surface area contributed by atoms with Gasteiger partial charge in [0.25, 0.3) is 0 Å². The molecule has 0 N–H and O–H groups in total. The molecule has 0 spiro atoms. The first-order valence-electron chi connectivity index (χ1n) is 6.20. The highest BCUT2D eigenvalue weighted by atomic mass is 16.1. The normalized spacial score (nSPS) is 10.6. The van der Waals surface area contributed by atoms with Crippen molar-refractivity contribution in [3.63, 3.8) is 0 Å². The van der Waals surface area contributed by atoms with Crippen LogP contribution in [0.3, 0.4) is 0 Å². The number of carbonyl (C=O) groups excluding carboxylic acids is 1. The Kier molecular flexibility index (Phi) is 2.84. The summed E-state index contributed by atoms with van der Waals surface area (Å²) in [6.45, 7) is 2.01. The number of carbonyl (C=O) groups is 1. The molecule has 0 fully saturated rings. The van der Waals surface area contributed by atoms with Crippen molar-refractivity contribution in [2.75, 3.05) is 0 Å². The summed E-state index contributed by atoms with van der Waals surface area (Å²) in [5.41, 5.74) is 3.38. The van der Waals surface area contributed by atoms with Crippen molar-refractivity contribution in [3.8, 4) is 0 Å². The standard InChI is InChI=1S/C17H13NO/c1-12-4-6-14(7-5-12)17(19)15-9-8-13-3-2-10-18-16(13)11-15/h2-11H,1H3. The fourth-order valence-corrected chi connectivity index (χ4v) is 2.08. The minimum absolute atomic E-state index is 0.0348. The lowest BCUT2D eigenvalue weighted by atomic mass is 10.0. The SMILES string of the molecule is Cc1ccc(C(=O)c2ccc3cccnc3c2)cc1. The number of pyridine rings is 1. The number of rotatable bonds is 2. The lowest BCUT2D eigenvalue weighted by Crippen LogP contribution is -2.01. The second-order valence-electron chi connectivity index (χ2n) is 4.61. The van der Waals surface area contributed by atoms with E-state index in [0.717, 1.165) is 16.5 Å². The Morgan fingerprint density at radius 3 is 2.47 bits per heavy atom. The predicted molar refractivity (Wildman–Crippen MR) is 76.4 cm³/mol. The van der Waals surface area contributed by atoms with Crippen LogP contribution in [0.5, 0.6) is 0 Å². The fourth-order valence-electron chi connectivity index (χ4n) is 2.08. The van der Waals surface area contributed by atoms with Gasteiger partial charge in [0.05, 0.1) is 5.52 Å². The van der Waals surface area contributed by atoms with E-state index in [1.165, 1.54) is 0 Å². The van der Waals surface area contributed by atoms with E-state index in [1.54, 1.807) is 6.20 Å². The summed E-state index contributed by atoms with van der Waals surface area (Å²) >= 11 is 0. The van der Waals surface area contributed by atoms with Crippen molar-refractivity contribution in [1.29, 1.82) is 0 Å². The second-order valence-corrected chi connectivity index (χ2v) is 4.61. The maximum absolute atomic E-state index is 12.4. The number of aromatic nitrogens is 1. The van der Waals surface area contributed by atoms with Crippen LogP contribution in [-0.4, -0.2) is 10.8 Å². The summed E-state index contributed by atoms with van der Waals surface area (Å²) < 4.78 is 0. The number of hydrogen-bond acceptors (Lipinski definition) is 2. The molecule has 0 unspecified atom stereocenters. The molecule has 0 saturated carbocycles. The lowest BCUT2D eigenvalue weighted by molar-refractivity contribution is 0.103. The number of benzene rings is 2. The summed E-state index contributed by atoms with van der Waals surface area (Å²) in [5.74, 6) is 0.0348. The second kappa shape index (κ2) is 4.65. The van der Waals surface area contributed by atoms with E-state index in [0.29, 0.717) is 11.1 Å². The van der Waals surface area contributed by atoms with Crippen LogP contribution < -0.4 is 0 Å². The van der Waals surface area contributed by atoms with Crippen LogP contribution in [0.25, 0.3) is 10.9 Å². The van der Waals surface area contributed by atoms with E-state index < -0.39 is 0 Å². The summed E-state index contributed by atoms with van der Waals surface area (Å²) in [6.07, 6.45) is 1.74. The lowest BCUT2D eigenvalue weighted by Gasteiger charge is -2.03. The van der Waals surface area contributed by atoms with Crippen LogP contribution >= 0.6 is 0 Å². The van der Waals surface area contributed by atoms with Gasteiger partial charge in [-0.2, -0.15) is 0 Å². The minimum atomic E-state index is 0.0348. The Bertz CT molecular complexity index is 745. The van der Waals surface area contributed by atoms with Gasteiger partial charge in [-0.3, -0.25) is 9.78 Å². The maximum atomic E-state index is 12.4. The predicted octanol–water partition coefficient (Wildman–Crippen LogP) is 3.77. The molecule has 2 nitrogen and oxygen atoms in total. The molecule has 0 amide bonds. The first kappa shape index (κ1) is 11.6. The quantitative estimate of drug-likeness (QED) is 0.645. The number of ketones is 1. The van der Waals surface area contributed by atoms with Gasteiger partial charge in [-0.15, -0.1) is 0 Å². The summed E-state index contributed by atoms with van der Waals surface area (Å²) in [6, 6.07) is 17.1. The van der Waals surface area contributed by atoms with Gasteiger partial charge < -0.3 is 0 Å². The topological polar surface area (TPSA) is 30.0 Å². The van der Waals surface area contributed by atoms with E-state index in [-0.39, 0.29) is 5.78 Å². The zero-order valence-corrected chi connectivity index (χ0v) is 10.6. The molecule has 0 bridgehead atoms. The summed E-state index contributed by atoms with van der Waals surface area (Å²) in [7, 11) is 0. The van der Waals surface area contributed by atoms with E-state index in [9.17, 15) is 4.79 Å². The molecule has 0 aliphatic carbocycles. The Hall–Kier alpha value is -2.48. The van der Waals surface area contributed by atoms with Crippen molar-refractivity contribution in [2.24, 2.45) is 0 Å². The van der Waals surface area contributed by atoms with Gasteiger partial charge in [-0.05, 0) is 19.1 Å². The van der Waals surface area contributed by atoms with Crippen LogP contribution in [-0.2, 0) is 0 Å². The van der Waals surface area contributed by atoms with Gasteiger partial charge in [-0.25, -0.2) is 0 Å².